The minimum absolute atomic E-state index is 0.207. The average Bonchev–Trinajstić information content (AvgIpc) is 3.06. The Labute approximate surface area is 187 Å². The number of ether oxygens (including phenoxy) is 1. The molecule has 0 aromatic carbocycles. The summed E-state index contributed by atoms with van der Waals surface area (Å²) >= 11 is 0. The fourth-order valence-corrected chi connectivity index (χ4v) is 4.58. The number of halogens is 1. The first-order chi connectivity index (χ1) is 15.5. The van der Waals surface area contributed by atoms with E-state index in [4.69, 9.17) is 9.72 Å². The van der Waals surface area contributed by atoms with Crippen LogP contribution in [0, 0.1) is 5.82 Å². The van der Waals surface area contributed by atoms with Gasteiger partial charge in [-0.15, -0.1) is 0 Å². The van der Waals surface area contributed by atoms with Crippen LogP contribution < -0.4 is 10.5 Å². The summed E-state index contributed by atoms with van der Waals surface area (Å²) in [4.78, 5) is 25.8. The number of hydrogen-bond acceptors (Lipinski definition) is 6. The van der Waals surface area contributed by atoms with Gasteiger partial charge in [-0.05, 0) is 37.5 Å². The van der Waals surface area contributed by atoms with Crippen molar-refractivity contribution < 1.29 is 9.13 Å². The van der Waals surface area contributed by atoms with Gasteiger partial charge in [-0.2, -0.15) is 0 Å². The monoisotopic (exact) mass is 439 g/mol. The summed E-state index contributed by atoms with van der Waals surface area (Å²) in [5, 5.41) is 0. The molecule has 1 aliphatic heterocycles. The van der Waals surface area contributed by atoms with Crippen LogP contribution in [0.25, 0.3) is 11.3 Å². The van der Waals surface area contributed by atoms with Gasteiger partial charge in [0.15, 0.2) is 5.82 Å². The summed E-state index contributed by atoms with van der Waals surface area (Å²) < 4.78 is 21.2. The van der Waals surface area contributed by atoms with Crippen molar-refractivity contribution in [2.45, 2.75) is 38.3 Å². The van der Waals surface area contributed by atoms with Crippen LogP contribution in [-0.2, 0) is 11.8 Å². The fourth-order valence-electron chi connectivity index (χ4n) is 4.58. The van der Waals surface area contributed by atoms with E-state index in [0.29, 0.717) is 23.7 Å². The summed E-state index contributed by atoms with van der Waals surface area (Å²) in [6.45, 7) is 4.55. The molecule has 0 bridgehead atoms. The third-order valence-electron chi connectivity index (χ3n) is 6.39. The first-order valence-electron chi connectivity index (χ1n) is 11.1. The number of anilines is 1. The van der Waals surface area contributed by atoms with Crippen LogP contribution in [0.3, 0.4) is 0 Å². The number of pyridine rings is 1. The predicted molar refractivity (Wildman–Crippen MR) is 123 cm³/mol. The summed E-state index contributed by atoms with van der Waals surface area (Å²) in [7, 11) is 3.42. The summed E-state index contributed by atoms with van der Waals surface area (Å²) in [5.74, 6) is 1.000. The molecule has 0 spiro atoms. The highest BCUT2D eigenvalue weighted by atomic mass is 19.1. The molecular formula is C24H30FN5O2. The lowest BCUT2D eigenvalue weighted by Crippen LogP contribution is -2.57. The van der Waals surface area contributed by atoms with Crippen LogP contribution in [0.15, 0.2) is 53.3 Å². The summed E-state index contributed by atoms with van der Waals surface area (Å²) in [5.41, 5.74) is 0.416. The standard InChI is InChI=1S/C24H30FN5O2/c1-4-17-16-29(12-13-30(17)18-6-5-7-19(32-3)9-8-18)24-27-22(14-23(31)28(24)2)20-10-11-26-15-21(20)25/h7-11,14-15,17-18H,4-6,12-13,16H2,1-3H3/t17-,18?/m1/s1. The molecule has 1 saturated heterocycles. The van der Waals surface area contributed by atoms with E-state index in [1.54, 1.807) is 24.8 Å². The molecule has 7 nitrogen and oxygen atoms in total. The van der Waals surface area contributed by atoms with Crippen molar-refractivity contribution >= 4 is 5.95 Å². The summed E-state index contributed by atoms with van der Waals surface area (Å²) in [6.07, 6.45) is 12.1. The average molecular weight is 440 g/mol. The Morgan fingerprint density at radius 1 is 1.31 bits per heavy atom. The maximum Gasteiger partial charge on any atom is 0.255 e. The van der Waals surface area contributed by atoms with Gasteiger partial charge in [-0.25, -0.2) is 9.37 Å². The minimum atomic E-state index is -0.486. The number of hydrogen-bond donors (Lipinski definition) is 0. The molecule has 32 heavy (non-hydrogen) atoms. The van der Waals surface area contributed by atoms with E-state index < -0.39 is 5.82 Å². The maximum absolute atomic E-state index is 14.3. The Morgan fingerprint density at radius 3 is 2.91 bits per heavy atom. The van der Waals surface area contributed by atoms with Gasteiger partial charge in [0.05, 0.1) is 19.0 Å². The number of piperazine rings is 1. The van der Waals surface area contributed by atoms with Crippen LogP contribution in [0.4, 0.5) is 10.3 Å². The molecule has 8 heteroatoms. The number of methoxy groups -OCH3 is 1. The number of nitrogens with zero attached hydrogens (tertiary/aromatic N) is 5. The molecule has 2 aromatic rings. The Hall–Kier alpha value is -3.00. The SMILES string of the molecule is CC[C@@H]1CN(c2nc(-c3ccncc3F)cc(=O)n2C)CCN1C1C=CC(OC)=CCC1. The third kappa shape index (κ3) is 4.46. The van der Waals surface area contributed by atoms with Gasteiger partial charge < -0.3 is 9.64 Å². The Kier molecular flexibility index (Phi) is 6.69. The van der Waals surface area contributed by atoms with E-state index in [1.165, 1.54) is 12.3 Å². The van der Waals surface area contributed by atoms with Crippen molar-refractivity contribution in [1.82, 2.24) is 19.4 Å². The maximum atomic E-state index is 14.3. The second-order valence-corrected chi connectivity index (χ2v) is 8.25. The molecule has 0 radical (unpaired) electrons. The Morgan fingerprint density at radius 2 is 2.16 bits per heavy atom. The zero-order valence-electron chi connectivity index (χ0n) is 18.9. The number of aromatic nitrogens is 3. The van der Waals surface area contributed by atoms with Crippen LogP contribution in [-0.4, -0.2) is 58.3 Å². The van der Waals surface area contributed by atoms with Gasteiger partial charge >= 0.3 is 0 Å². The van der Waals surface area contributed by atoms with E-state index in [1.807, 2.05) is 0 Å². The molecule has 0 N–H and O–H groups in total. The highest BCUT2D eigenvalue weighted by molar-refractivity contribution is 5.60. The van der Waals surface area contributed by atoms with Crippen molar-refractivity contribution in [1.29, 1.82) is 0 Å². The molecule has 2 atom stereocenters. The molecule has 2 aliphatic rings. The van der Waals surface area contributed by atoms with Crippen molar-refractivity contribution in [2.75, 3.05) is 31.6 Å². The van der Waals surface area contributed by atoms with Crippen LogP contribution in [0.5, 0.6) is 0 Å². The highest BCUT2D eigenvalue weighted by Gasteiger charge is 2.32. The smallest absolute Gasteiger partial charge is 0.255 e. The lowest BCUT2D eigenvalue weighted by Gasteiger charge is -2.45. The largest absolute Gasteiger partial charge is 0.497 e. The molecule has 4 rings (SSSR count). The summed E-state index contributed by atoms with van der Waals surface area (Å²) in [6, 6.07) is 3.60. The highest BCUT2D eigenvalue weighted by Crippen LogP contribution is 2.26. The molecule has 170 valence electrons. The second-order valence-electron chi connectivity index (χ2n) is 8.25. The van der Waals surface area contributed by atoms with E-state index in [9.17, 15) is 9.18 Å². The van der Waals surface area contributed by atoms with Crippen molar-refractivity contribution in [3.05, 3.63) is 64.7 Å². The van der Waals surface area contributed by atoms with E-state index in [0.717, 1.165) is 50.9 Å². The lowest BCUT2D eigenvalue weighted by molar-refractivity contribution is 0.133. The Balaban J connectivity index is 1.59. The van der Waals surface area contributed by atoms with Gasteiger partial charge in [0.2, 0.25) is 5.95 Å². The molecule has 1 aliphatic carbocycles. The molecule has 1 unspecified atom stereocenters. The quantitative estimate of drug-likeness (QED) is 0.713. The fraction of sp³-hybridized carbons (Fsp3) is 0.458. The normalized spacial score (nSPS) is 21.9. The van der Waals surface area contributed by atoms with Crippen LogP contribution in [0.1, 0.15) is 26.2 Å². The third-order valence-corrected chi connectivity index (χ3v) is 6.39. The minimum Gasteiger partial charge on any atom is -0.497 e. The van der Waals surface area contributed by atoms with Gasteiger partial charge in [0, 0.05) is 56.6 Å². The molecule has 0 saturated carbocycles. The topological polar surface area (TPSA) is 63.5 Å². The molecule has 0 amide bonds. The van der Waals surface area contributed by atoms with Gasteiger partial charge in [0.25, 0.3) is 5.56 Å². The van der Waals surface area contributed by atoms with Gasteiger partial charge in [0.1, 0.15) is 5.76 Å². The second kappa shape index (κ2) is 9.65. The van der Waals surface area contributed by atoms with Crippen molar-refractivity contribution in [3.8, 4) is 11.3 Å². The van der Waals surface area contributed by atoms with Crippen molar-refractivity contribution in [2.24, 2.45) is 7.05 Å². The Bertz CT molecular complexity index is 1080. The lowest BCUT2D eigenvalue weighted by atomic mass is 10.0. The molecular weight excluding hydrogens is 409 g/mol. The molecule has 3 heterocycles. The van der Waals surface area contributed by atoms with Crippen LogP contribution in [0.2, 0.25) is 0 Å². The van der Waals surface area contributed by atoms with E-state index in [2.05, 4.69) is 39.9 Å². The van der Waals surface area contributed by atoms with Crippen LogP contribution >= 0.6 is 0 Å². The number of allylic oxidation sites excluding steroid dienone is 2. The predicted octanol–water partition coefficient (Wildman–Crippen LogP) is 3.13. The first-order valence-corrected chi connectivity index (χ1v) is 11.1. The zero-order chi connectivity index (χ0) is 22.7. The molecule has 1 fully saturated rings. The zero-order valence-corrected chi connectivity index (χ0v) is 18.9. The first kappa shape index (κ1) is 22.2. The van der Waals surface area contributed by atoms with Gasteiger partial charge in [-0.1, -0.05) is 13.0 Å². The molecule has 2 aromatic heterocycles. The van der Waals surface area contributed by atoms with Gasteiger partial charge in [-0.3, -0.25) is 19.2 Å². The van der Waals surface area contributed by atoms with E-state index in [-0.39, 0.29) is 11.1 Å². The van der Waals surface area contributed by atoms with E-state index >= 15 is 0 Å². The van der Waals surface area contributed by atoms with Crippen molar-refractivity contribution in [3.63, 3.8) is 0 Å². The number of rotatable bonds is 5.